The van der Waals surface area contributed by atoms with Crippen molar-refractivity contribution < 1.29 is 9.53 Å². The van der Waals surface area contributed by atoms with Gasteiger partial charge < -0.3 is 4.74 Å². The lowest BCUT2D eigenvalue weighted by Gasteiger charge is -2.10. The Kier molecular flexibility index (Phi) is 4.72. The number of methoxy groups -OCH3 is 1. The molecule has 0 atom stereocenters. The lowest BCUT2D eigenvalue weighted by Crippen LogP contribution is -2.30. The van der Waals surface area contributed by atoms with E-state index in [1.165, 1.54) is 26.3 Å². The molecule has 0 radical (unpaired) electrons. The molecule has 23 heavy (non-hydrogen) atoms. The van der Waals surface area contributed by atoms with Gasteiger partial charge in [-0.25, -0.2) is 23.6 Å². The zero-order chi connectivity index (χ0) is 17.5. The first kappa shape index (κ1) is 17.4. The fourth-order valence-electron chi connectivity index (χ4n) is 2.23. The second-order valence-corrected chi connectivity index (χ2v) is 5.95. The molecule has 0 fully saturated rings. The molecular weight excluding hydrogens is 345 g/mol. The van der Waals surface area contributed by atoms with Crippen LogP contribution in [0.15, 0.2) is 21.7 Å². The van der Waals surface area contributed by atoms with Crippen LogP contribution in [-0.2, 0) is 11.8 Å². The van der Waals surface area contributed by atoms with Gasteiger partial charge >= 0.3 is 17.3 Å². The minimum absolute atomic E-state index is 0.0465. The van der Waals surface area contributed by atoms with Crippen LogP contribution in [0.5, 0.6) is 0 Å². The second-order valence-electron chi connectivity index (χ2n) is 5.14. The quantitative estimate of drug-likeness (QED) is 0.785. The molecule has 0 spiro atoms. The first-order valence-electron chi connectivity index (χ1n) is 6.69. The molecule has 0 aliphatic rings. The highest BCUT2D eigenvalue weighted by Crippen LogP contribution is 2.27. The number of esters is 1. The molecule has 0 unspecified atom stereocenters. The number of hydrogen-bond donors (Lipinski definition) is 0. The number of carbonyl (C=O) groups is 1. The van der Waals surface area contributed by atoms with Gasteiger partial charge in [0.15, 0.2) is 0 Å². The summed E-state index contributed by atoms with van der Waals surface area (Å²) in [6.07, 6.45) is 0. The molecule has 2 rings (SSSR count). The lowest BCUT2D eigenvalue weighted by atomic mass is 10.2. The lowest BCUT2D eigenvalue weighted by molar-refractivity contribution is 0.0601. The Morgan fingerprint density at radius 3 is 2.22 bits per heavy atom. The van der Waals surface area contributed by atoms with E-state index in [2.05, 4.69) is 4.74 Å². The molecule has 1 aromatic carbocycles. The predicted molar refractivity (Wildman–Crippen MR) is 87.0 cm³/mol. The summed E-state index contributed by atoms with van der Waals surface area (Å²) in [4.78, 5) is 36.5. The first-order chi connectivity index (χ1) is 10.7. The largest absolute Gasteiger partial charge is 0.465 e. The summed E-state index contributed by atoms with van der Waals surface area (Å²) in [6.45, 7) is 3.44. The van der Waals surface area contributed by atoms with Crippen LogP contribution in [0.3, 0.4) is 0 Å². The van der Waals surface area contributed by atoms with Crippen molar-refractivity contribution in [1.29, 1.82) is 0 Å². The van der Waals surface area contributed by atoms with E-state index in [-0.39, 0.29) is 27.3 Å². The maximum Gasteiger partial charge on any atom is 0.352 e. The molecule has 124 valence electrons. The summed E-state index contributed by atoms with van der Waals surface area (Å²) < 4.78 is 7.95. The summed E-state index contributed by atoms with van der Waals surface area (Å²) in [5.74, 6) is -0.672. The third kappa shape index (κ3) is 2.82. The highest BCUT2D eigenvalue weighted by molar-refractivity contribution is 6.37. The molecule has 0 saturated heterocycles. The standard InChI is InChI=1S/C14H15Cl2N3O4/c1-7(2)18-13(21)17(3)19(14(18)22)11-5-8(12(20)23-4)9(15)6-10(11)16/h5-7H,1-4H3. The normalized spacial score (nSPS) is 11.1. The number of nitrogens with zero attached hydrogens (tertiary/aromatic N) is 3. The number of rotatable bonds is 3. The van der Waals surface area contributed by atoms with Gasteiger partial charge in [-0.2, -0.15) is 4.68 Å². The van der Waals surface area contributed by atoms with Gasteiger partial charge in [0.25, 0.3) is 0 Å². The molecule has 7 nitrogen and oxygen atoms in total. The molecule has 0 saturated carbocycles. The molecule has 0 amide bonds. The van der Waals surface area contributed by atoms with Crippen molar-refractivity contribution in [2.24, 2.45) is 7.05 Å². The smallest absolute Gasteiger partial charge is 0.352 e. The Balaban J connectivity index is 2.83. The van der Waals surface area contributed by atoms with E-state index in [0.717, 1.165) is 13.9 Å². The van der Waals surface area contributed by atoms with Crippen LogP contribution in [0, 0.1) is 0 Å². The molecule has 1 heterocycles. The third-order valence-electron chi connectivity index (χ3n) is 3.36. The molecule has 0 bridgehead atoms. The van der Waals surface area contributed by atoms with Crippen molar-refractivity contribution in [2.75, 3.05) is 7.11 Å². The van der Waals surface area contributed by atoms with Crippen molar-refractivity contribution in [3.8, 4) is 5.69 Å². The highest BCUT2D eigenvalue weighted by Gasteiger charge is 2.21. The van der Waals surface area contributed by atoms with Gasteiger partial charge in [-0.05, 0) is 26.0 Å². The summed E-state index contributed by atoms with van der Waals surface area (Å²) in [5, 5.41) is 0.216. The van der Waals surface area contributed by atoms with E-state index < -0.39 is 17.3 Å². The molecule has 9 heteroatoms. The number of hydrogen-bond acceptors (Lipinski definition) is 4. The minimum Gasteiger partial charge on any atom is -0.465 e. The van der Waals surface area contributed by atoms with Gasteiger partial charge in [0.2, 0.25) is 0 Å². The van der Waals surface area contributed by atoms with Crippen LogP contribution >= 0.6 is 23.2 Å². The van der Waals surface area contributed by atoms with Gasteiger partial charge in [-0.1, -0.05) is 23.2 Å². The van der Waals surface area contributed by atoms with Crippen molar-refractivity contribution in [3.05, 3.63) is 48.7 Å². The Labute approximate surface area is 141 Å². The second kappa shape index (κ2) is 6.25. The van der Waals surface area contributed by atoms with Crippen LogP contribution < -0.4 is 11.4 Å². The van der Waals surface area contributed by atoms with Crippen LogP contribution in [0.2, 0.25) is 10.0 Å². The Bertz CT molecular complexity index is 893. The Hall–Kier alpha value is -1.99. The number of halogens is 2. The van der Waals surface area contributed by atoms with Crippen molar-refractivity contribution >= 4 is 29.2 Å². The van der Waals surface area contributed by atoms with Crippen LogP contribution in [0.25, 0.3) is 5.69 Å². The number of ether oxygens (including phenoxy) is 1. The predicted octanol–water partition coefficient (Wildman–Crippen LogP) is 2.01. The monoisotopic (exact) mass is 359 g/mol. The maximum absolute atomic E-state index is 12.5. The molecule has 1 aromatic heterocycles. The van der Waals surface area contributed by atoms with E-state index in [0.29, 0.717) is 0 Å². The molecule has 0 aliphatic carbocycles. The topological polar surface area (TPSA) is 75.2 Å². The van der Waals surface area contributed by atoms with Gasteiger partial charge in [-0.15, -0.1) is 0 Å². The zero-order valence-corrected chi connectivity index (χ0v) is 14.5. The van der Waals surface area contributed by atoms with Crippen molar-refractivity contribution in [1.82, 2.24) is 13.9 Å². The van der Waals surface area contributed by atoms with Gasteiger partial charge in [0, 0.05) is 13.1 Å². The zero-order valence-electron chi connectivity index (χ0n) is 13.0. The number of benzene rings is 1. The average Bonchev–Trinajstić information content (AvgIpc) is 2.69. The number of carbonyl (C=O) groups excluding carboxylic acids is 1. The third-order valence-corrected chi connectivity index (χ3v) is 3.97. The van der Waals surface area contributed by atoms with E-state index in [1.807, 2.05) is 0 Å². The van der Waals surface area contributed by atoms with E-state index >= 15 is 0 Å². The van der Waals surface area contributed by atoms with E-state index in [4.69, 9.17) is 23.2 Å². The van der Waals surface area contributed by atoms with Crippen LogP contribution in [-0.4, -0.2) is 27.0 Å². The van der Waals surface area contributed by atoms with E-state index in [1.54, 1.807) is 13.8 Å². The Morgan fingerprint density at radius 1 is 1.13 bits per heavy atom. The SMILES string of the molecule is COC(=O)c1cc(-n2c(=O)n(C(C)C)c(=O)n2C)c(Cl)cc1Cl. The Morgan fingerprint density at radius 2 is 1.74 bits per heavy atom. The summed E-state index contributed by atoms with van der Waals surface area (Å²) in [5.41, 5.74) is -0.839. The van der Waals surface area contributed by atoms with Crippen LogP contribution in [0.4, 0.5) is 0 Å². The van der Waals surface area contributed by atoms with Crippen molar-refractivity contribution in [2.45, 2.75) is 19.9 Å². The summed E-state index contributed by atoms with van der Waals surface area (Å²) in [6, 6.07) is 2.32. The average molecular weight is 360 g/mol. The molecule has 0 N–H and O–H groups in total. The summed E-state index contributed by atoms with van der Waals surface area (Å²) >= 11 is 12.1. The van der Waals surface area contributed by atoms with Crippen molar-refractivity contribution in [3.63, 3.8) is 0 Å². The number of aromatic nitrogens is 3. The maximum atomic E-state index is 12.5. The first-order valence-corrected chi connectivity index (χ1v) is 7.44. The van der Waals surface area contributed by atoms with E-state index in [9.17, 15) is 14.4 Å². The van der Waals surface area contributed by atoms with Gasteiger partial charge in [0.05, 0.1) is 28.4 Å². The van der Waals surface area contributed by atoms with Gasteiger partial charge in [-0.3, -0.25) is 0 Å². The molecular formula is C14H15Cl2N3O4. The minimum atomic E-state index is -0.672. The molecule has 2 aromatic rings. The van der Waals surface area contributed by atoms with Crippen LogP contribution in [0.1, 0.15) is 30.2 Å². The fourth-order valence-corrected chi connectivity index (χ4v) is 2.77. The summed E-state index contributed by atoms with van der Waals surface area (Å²) in [7, 11) is 2.65. The molecule has 0 aliphatic heterocycles. The van der Waals surface area contributed by atoms with Gasteiger partial charge in [0.1, 0.15) is 0 Å². The highest BCUT2D eigenvalue weighted by atomic mass is 35.5. The fraction of sp³-hybridized carbons (Fsp3) is 0.357.